The van der Waals surface area contributed by atoms with Gasteiger partial charge >= 0.3 is 0 Å². The molecule has 0 bridgehead atoms. The molecule has 0 unspecified atom stereocenters. The summed E-state index contributed by atoms with van der Waals surface area (Å²) in [6, 6.07) is 14.5. The van der Waals surface area contributed by atoms with Crippen LogP contribution in [0.3, 0.4) is 0 Å². The van der Waals surface area contributed by atoms with Crippen molar-refractivity contribution in [1.82, 2.24) is 30.4 Å². The van der Waals surface area contributed by atoms with Crippen LogP contribution < -0.4 is 20.3 Å². The zero-order valence-corrected chi connectivity index (χ0v) is 16.2. The number of rotatable bonds is 4. The molecule has 0 aliphatic carbocycles. The molecule has 0 radical (unpaired) electrons. The Morgan fingerprint density at radius 3 is 2.60 bits per heavy atom. The van der Waals surface area contributed by atoms with E-state index in [2.05, 4.69) is 31.0 Å². The molecule has 5 rings (SSSR count). The Bertz CT molecular complexity index is 1300. The Balaban J connectivity index is 1.80. The molecule has 0 amide bonds. The molecular formula is C20H17N7O3. The third-order valence-electron chi connectivity index (χ3n) is 5.02. The number of anilines is 2. The van der Waals surface area contributed by atoms with Gasteiger partial charge in [0.15, 0.2) is 0 Å². The molecule has 1 aliphatic rings. The molecule has 0 fully saturated rings. The van der Waals surface area contributed by atoms with E-state index in [0.29, 0.717) is 34.4 Å². The van der Waals surface area contributed by atoms with E-state index in [1.807, 2.05) is 48.5 Å². The second-order valence-corrected chi connectivity index (χ2v) is 6.67. The fraction of sp³-hybridized carbons (Fsp3) is 0.150. The highest BCUT2D eigenvalue weighted by atomic mass is 16.5. The van der Waals surface area contributed by atoms with Crippen LogP contribution in [0.1, 0.15) is 17.2 Å². The van der Waals surface area contributed by atoms with Crippen LogP contribution in [0.15, 0.2) is 53.3 Å². The third kappa shape index (κ3) is 2.77. The minimum Gasteiger partial charge on any atom is -0.497 e. The van der Waals surface area contributed by atoms with E-state index in [-0.39, 0.29) is 5.56 Å². The van der Waals surface area contributed by atoms with Crippen molar-refractivity contribution in [2.45, 2.75) is 6.04 Å². The minimum atomic E-state index is -0.489. The first-order valence-corrected chi connectivity index (χ1v) is 9.15. The summed E-state index contributed by atoms with van der Waals surface area (Å²) in [6.45, 7) is 0. The smallest absolute Gasteiger partial charge is 0.288 e. The van der Waals surface area contributed by atoms with Crippen LogP contribution in [0.5, 0.6) is 11.5 Å². The lowest BCUT2D eigenvalue weighted by molar-refractivity contribution is 0.413. The lowest BCUT2D eigenvalue weighted by Crippen LogP contribution is -2.29. The van der Waals surface area contributed by atoms with Gasteiger partial charge in [0.2, 0.25) is 5.95 Å². The molecule has 1 atom stereocenters. The first-order valence-electron chi connectivity index (χ1n) is 9.15. The Kier molecular flexibility index (Phi) is 4.16. The van der Waals surface area contributed by atoms with Gasteiger partial charge in [0, 0.05) is 11.1 Å². The third-order valence-corrected chi connectivity index (χ3v) is 5.02. The summed E-state index contributed by atoms with van der Waals surface area (Å²) in [6.07, 6.45) is 0. The monoisotopic (exact) mass is 403 g/mol. The Hall–Kier alpha value is -4.21. The van der Waals surface area contributed by atoms with Gasteiger partial charge < -0.3 is 14.8 Å². The summed E-state index contributed by atoms with van der Waals surface area (Å²) in [7, 11) is 3.20. The summed E-state index contributed by atoms with van der Waals surface area (Å²) in [5.74, 6) is 1.73. The number of aromatic amines is 1. The van der Waals surface area contributed by atoms with Crippen LogP contribution in [0.2, 0.25) is 0 Å². The molecule has 0 spiro atoms. The van der Waals surface area contributed by atoms with Crippen molar-refractivity contribution in [2.24, 2.45) is 0 Å². The first-order chi connectivity index (χ1) is 14.7. The van der Waals surface area contributed by atoms with Gasteiger partial charge in [0.1, 0.15) is 23.2 Å². The molecule has 10 heteroatoms. The predicted molar refractivity (Wildman–Crippen MR) is 108 cm³/mol. The van der Waals surface area contributed by atoms with Crippen molar-refractivity contribution < 1.29 is 9.47 Å². The molecular weight excluding hydrogens is 386 g/mol. The van der Waals surface area contributed by atoms with E-state index in [0.717, 1.165) is 11.1 Å². The van der Waals surface area contributed by atoms with Crippen molar-refractivity contribution in [1.29, 1.82) is 0 Å². The van der Waals surface area contributed by atoms with E-state index in [1.54, 1.807) is 18.9 Å². The van der Waals surface area contributed by atoms with Crippen molar-refractivity contribution in [3.8, 4) is 22.8 Å². The normalized spacial score (nSPS) is 14.4. The van der Waals surface area contributed by atoms with E-state index in [1.165, 1.54) is 0 Å². The Labute approximate surface area is 170 Å². The largest absolute Gasteiger partial charge is 0.497 e. The van der Waals surface area contributed by atoms with Gasteiger partial charge in [-0.3, -0.25) is 4.79 Å². The van der Waals surface area contributed by atoms with Crippen molar-refractivity contribution in [3.05, 3.63) is 70.0 Å². The quantitative estimate of drug-likeness (QED) is 0.468. The molecule has 2 aromatic carbocycles. The van der Waals surface area contributed by atoms with E-state index < -0.39 is 6.04 Å². The standard InChI is InChI=1S/C20H17N7O3/c1-29-13-7-3-5-11(9-13)16-15-17(19(28)23-22-16)21-20-24-25-26-27(20)18(15)12-6-4-8-14(10-12)30-2/h3-10,18H,1-2H3,(H,23,28)(H,21,24,26)/t18-/m1/s1. The molecule has 2 N–H and O–H groups in total. The van der Waals surface area contributed by atoms with Gasteiger partial charge in [-0.25, -0.2) is 5.10 Å². The second kappa shape index (κ2) is 6.99. The molecule has 150 valence electrons. The van der Waals surface area contributed by atoms with Crippen molar-refractivity contribution in [3.63, 3.8) is 0 Å². The minimum absolute atomic E-state index is 0.345. The summed E-state index contributed by atoms with van der Waals surface area (Å²) in [5, 5.41) is 21.9. The first kappa shape index (κ1) is 17.9. The average molecular weight is 403 g/mol. The van der Waals surface area contributed by atoms with Crippen LogP contribution >= 0.6 is 0 Å². The number of tetrazole rings is 1. The molecule has 0 saturated carbocycles. The number of hydrogen-bond donors (Lipinski definition) is 2. The molecule has 0 saturated heterocycles. The topological polar surface area (TPSA) is 120 Å². The maximum atomic E-state index is 12.7. The van der Waals surface area contributed by atoms with Gasteiger partial charge in [-0.1, -0.05) is 29.4 Å². The lowest BCUT2D eigenvalue weighted by atomic mass is 9.92. The molecule has 10 nitrogen and oxygen atoms in total. The Morgan fingerprint density at radius 2 is 1.80 bits per heavy atom. The van der Waals surface area contributed by atoms with Crippen molar-refractivity contribution in [2.75, 3.05) is 19.5 Å². The maximum absolute atomic E-state index is 12.7. The SMILES string of the molecule is COc1cccc(-c2n[nH]c(=O)c3c2[C@@H](c2cccc(OC)c2)n2nnnc2N3)c1. The number of ether oxygens (including phenoxy) is 2. The fourth-order valence-electron chi connectivity index (χ4n) is 3.65. The molecule has 30 heavy (non-hydrogen) atoms. The maximum Gasteiger partial charge on any atom is 0.288 e. The molecule has 2 aromatic heterocycles. The Morgan fingerprint density at radius 1 is 1.03 bits per heavy atom. The highest BCUT2D eigenvalue weighted by molar-refractivity contribution is 5.76. The van der Waals surface area contributed by atoms with Gasteiger partial charge in [-0.2, -0.15) is 9.78 Å². The summed E-state index contributed by atoms with van der Waals surface area (Å²) in [5.41, 5.74) is 2.86. The highest BCUT2D eigenvalue weighted by Gasteiger charge is 2.34. The predicted octanol–water partition coefficient (Wildman–Crippen LogP) is 2.14. The van der Waals surface area contributed by atoms with Gasteiger partial charge in [0.05, 0.1) is 19.9 Å². The van der Waals surface area contributed by atoms with Gasteiger partial charge in [-0.15, -0.1) is 0 Å². The second-order valence-electron chi connectivity index (χ2n) is 6.67. The van der Waals surface area contributed by atoms with Crippen LogP contribution in [0.25, 0.3) is 11.3 Å². The van der Waals surface area contributed by atoms with Crippen molar-refractivity contribution >= 4 is 11.6 Å². The van der Waals surface area contributed by atoms with Gasteiger partial charge in [0.25, 0.3) is 5.56 Å². The summed E-state index contributed by atoms with van der Waals surface area (Å²) in [4.78, 5) is 12.7. The van der Waals surface area contributed by atoms with Crippen LogP contribution in [0, 0.1) is 0 Å². The van der Waals surface area contributed by atoms with E-state index in [4.69, 9.17) is 9.47 Å². The number of aromatic nitrogens is 6. The van der Waals surface area contributed by atoms with E-state index in [9.17, 15) is 4.79 Å². The number of benzene rings is 2. The van der Waals surface area contributed by atoms with Crippen LogP contribution in [0.4, 0.5) is 11.6 Å². The number of hydrogen-bond acceptors (Lipinski definition) is 8. The highest BCUT2D eigenvalue weighted by Crippen LogP contribution is 2.41. The molecule has 1 aliphatic heterocycles. The molecule has 4 aromatic rings. The zero-order chi connectivity index (χ0) is 20.7. The fourth-order valence-corrected chi connectivity index (χ4v) is 3.65. The summed E-state index contributed by atoms with van der Waals surface area (Å²) < 4.78 is 12.4. The number of H-pyrrole nitrogens is 1. The van der Waals surface area contributed by atoms with E-state index >= 15 is 0 Å². The van der Waals surface area contributed by atoms with Crippen LogP contribution in [-0.4, -0.2) is 44.6 Å². The lowest BCUT2D eigenvalue weighted by Gasteiger charge is -2.28. The number of nitrogens with zero attached hydrogens (tertiary/aromatic N) is 5. The number of nitrogens with one attached hydrogen (secondary N) is 2. The summed E-state index contributed by atoms with van der Waals surface area (Å²) >= 11 is 0. The zero-order valence-electron chi connectivity index (χ0n) is 16.2. The molecule has 3 heterocycles. The number of methoxy groups -OCH3 is 2. The van der Waals surface area contributed by atoms with Gasteiger partial charge in [-0.05, 0) is 40.3 Å². The number of fused-ring (bicyclic) bond motifs is 2. The van der Waals surface area contributed by atoms with Crippen LogP contribution in [-0.2, 0) is 0 Å². The average Bonchev–Trinajstić information content (AvgIpc) is 3.26.